The Morgan fingerprint density at radius 2 is 1.28 bits per heavy atom. The Kier molecular flexibility index (Phi) is 10.7. The van der Waals surface area contributed by atoms with E-state index < -0.39 is 0 Å². The molecule has 0 aliphatic heterocycles. The smallest absolute Gasteiger partial charge is 0.145 e. The normalized spacial score (nSPS) is 9.14. The minimum absolute atomic E-state index is 0.574. The van der Waals surface area contributed by atoms with Crippen molar-refractivity contribution in [2.75, 3.05) is 7.11 Å². The summed E-state index contributed by atoms with van der Waals surface area (Å²) < 4.78 is 11.1. The maximum absolute atomic E-state index is 9.28. The number of hydrogen-bond acceptors (Lipinski definition) is 3. The van der Waals surface area contributed by atoms with E-state index in [0.717, 1.165) is 23.5 Å². The number of nitrogens with zero attached hydrogens (tertiary/aromatic N) is 1. The number of rotatable bonds is 5. The Labute approximate surface area is 175 Å². The van der Waals surface area contributed by atoms with Crippen LogP contribution in [0.25, 0.3) is 0 Å². The molecule has 0 unspecified atom stereocenters. The van der Waals surface area contributed by atoms with Crippen LogP contribution in [-0.4, -0.2) is 7.11 Å². The fourth-order valence-electron chi connectivity index (χ4n) is 2.65. The van der Waals surface area contributed by atoms with Crippen molar-refractivity contribution in [1.29, 1.82) is 5.26 Å². The monoisotopic (exact) mass is 389 g/mol. The van der Waals surface area contributed by atoms with Gasteiger partial charge in [-0.05, 0) is 60.4 Å². The highest BCUT2D eigenvalue weighted by atomic mass is 16.5. The van der Waals surface area contributed by atoms with Crippen LogP contribution in [0, 0.1) is 18.3 Å². The predicted molar refractivity (Wildman–Crippen MR) is 121 cm³/mol. The second-order valence-electron chi connectivity index (χ2n) is 5.83. The van der Waals surface area contributed by atoms with E-state index in [1.54, 1.807) is 7.11 Å². The highest BCUT2D eigenvalue weighted by Crippen LogP contribution is 2.27. The third-order valence-corrected chi connectivity index (χ3v) is 4.06. The minimum Gasteiger partial charge on any atom is -0.497 e. The first-order valence-corrected chi connectivity index (χ1v) is 10.1. The zero-order valence-electron chi connectivity index (χ0n) is 18.3. The second kappa shape index (κ2) is 13.0. The Morgan fingerprint density at radius 3 is 1.76 bits per heavy atom. The first-order valence-electron chi connectivity index (χ1n) is 10.1. The molecule has 29 heavy (non-hydrogen) atoms. The van der Waals surface area contributed by atoms with Crippen LogP contribution in [0.5, 0.6) is 17.2 Å². The molecule has 152 valence electrons. The molecule has 3 nitrogen and oxygen atoms in total. The summed E-state index contributed by atoms with van der Waals surface area (Å²) in [6.07, 6.45) is 0.845. The predicted octanol–water partition coefficient (Wildman–Crippen LogP) is 7.31. The van der Waals surface area contributed by atoms with E-state index in [9.17, 15) is 5.26 Å². The summed E-state index contributed by atoms with van der Waals surface area (Å²) in [7, 11) is 1.67. The van der Waals surface area contributed by atoms with Crippen LogP contribution in [0.4, 0.5) is 0 Å². The molecule has 3 aromatic carbocycles. The van der Waals surface area contributed by atoms with Gasteiger partial charge in [-0.3, -0.25) is 0 Å². The van der Waals surface area contributed by atoms with E-state index in [1.807, 2.05) is 89.2 Å². The van der Waals surface area contributed by atoms with Crippen LogP contribution in [0.2, 0.25) is 0 Å². The molecular weight excluding hydrogens is 358 g/mol. The van der Waals surface area contributed by atoms with Gasteiger partial charge < -0.3 is 9.47 Å². The summed E-state index contributed by atoms with van der Waals surface area (Å²) in [5.41, 5.74) is 3.91. The molecule has 3 rings (SSSR count). The summed E-state index contributed by atoms with van der Waals surface area (Å²) in [6, 6.07) is 23.8. The molecule has 0 heterocycles. The van der Waals surface area contributed by atoms with E-state index in [2.05, 4.69) is 18.2 Å². The molecule has 0 radical (unpaired) electrons. The summed E-state index contributed by atoms with van der Waals surface area (Å²) in [6.45, 7) is 9.91. The van der Waals surface area contributed by atoms with Crippen molar-refractivity contribution in [3.63, 3.8) is 0 Å². The maximum Gasteiger partial charge on any atom is 0.145 e. The van der Waals surface area contributed by atoms with E-state index in [-0.39, 0.29) is 0 Å². The maximum atomic E-state index is 9.28. The van der Waals surface area contributed by atoms with Crippen LogP contribution in [0.3, 0.4) is 0 Å². The fraction of sp³-hybridized carbons (Fsp3) is 0.269. The summed E-state index contributed by atoms with van der Waals surface area (Å²) in [5.74, 6) is 2.17. The number of nitriles is 1. The molecule has 0 fully saturated rings. The Bertz CT molecular complexity index is 891. The van der Waals surface area contributed by atoms with Gasteiger partial charge in [0, 0.05) is 0 Å². The lowest BCUT2D eigenvalue weighted by Gasteiger charge is -2.10. The van der Waals surface area contributed by atoms with Gasteiger partial charge in [-0.15, -0.1) is 0 Å². The molecule has 0 aliphatic carbocycles. The van der Waals surface area contributed by atoms with Crippen molar-refractivity contribution in [2.45, 2.75) is 41.0 Å². The van der Waals surface area contributed by atoms with Gasteiger partial charge in [0.1, 0.15) is 23.3 Å². The number of aryl methyl sites for hydroxylation is 1. The molecule has 0 aromatic heterocycles. The fourth-order valence-corrected chi connectivity index (χ4v) is 2.65. The molecule has 0 N–H and O–H groups in total. The molecule has 0 bridgehead atoms. The summed E-state index contributed by atoms with van der Waals surface area (Å²) in [5, 5.41) is 9.28. The van der Waals surface area contributed by atoms with Crippen LogP contribution in [-0.2, 0) is 6.42 Å². The summed E-state index contributed by atoms with van der Waals surface area (Å²) in [4.78, 5) is 0. The largest absolute Gasteiger partial charge is 0.497 e. The second-order valence-corrected chi connectivity index (χ2v) is 5.83. The molecule has 0 spiro atoms. The number of methoxy groups -OCH3 is 1. The van der Waals surface area contributed by atoms with Crippen molar-refractivity contribution >= 4 is 0 Å². The van der Waals surface area contributed by atoms with Gasteiger partial charge in [0.25, 0.3) is 0 Å². The van der Waals surface area contributed by atoms with Gasteiger partial charge in [-0.2, -0.15) is 5.26 Å². The van der Waals surface area contributed by atoms with Crippen molar-refractivity contribution in [2.24, 2.45) is 0 Å². The molecule has 0 saturated heterocycles. The number of ether oxygens (including phenoxy) is 2. The molecule has 0 saturated carbocycles. The van der Waals surface area contributed by atoms with Gasteiger partial charge in [0.2, 0.25) is 0 Å². The summed E-state index contributed by atoms with van der Waals surface area (Å²) >= 11 is 0. The molecule has 3 aromatic rings. The molecule has 0 atom stereocenters. The highest BCUT2D eigenvalue weighted by Gasteiger charge is 2.07. The molecule has 3 heteroatoms. The average molecular weight is 390 g/mol. The van der Waals surface area contributed by atoms with Crippen LogP contribution < -0.4 is 9.47 Å². The third kappa shape index (κ3) is 7.01. The first kappa shape index (κ1) is 23.8. The Balaban J connectivity index is 0.000000989. The standard InChI is InChI=1S/C22H19NO2.2C2H6/c1-16-4-3-5-22(21(16)15-23)25-20-12-8-18(9-13-20)14-17-6-10-19(24-2)11-7-17;2*1-2/h3-13H,14H2,1-2H3;2*1-2H3. The lowest BCUT2D eigenvalue weighted by molar-refractivity contribution is 0.414. The van der Waals surface area contributed by atoms with Crippen molar-refractivity contribution in [1.82, 2.24) is 0 Å². The van der Waals surface area contributed by atoms with E-state index >= 15 is 0 Å². The first-order chi connectivity index (χ1) is 14.2. The van der Waals surface area contributed by atoms with Crippen molar-refractivity contribution in [3.05, 3.63) is 89.0 Å². The van der Waals surface area contributed by atoms with Crippen LogP contribution >= 0.6 is 0 Å². The minimum atomic E-state index is 0.574. The van der Waals surface area contributed by atoms with Gasteiger partial charge in [0.15, 0.2) is 0 Å². The Morgan fingerprint density at radius 1 is 0.759 bits per heavy atom. The lowest BCUT2D eigenvalue weighted by atomic mass is 10.0. The Hall–Kier alpha value is -3.25. The van der Waals surface area contributed by atoms with Gasteiger partial charge in [-0.1, -0.05) is 64.1 Å². The van der Waals surface area contributed by atoms with Crippen molar-refractivity contribution in [3.8, 4) is 23.3 Å². The zero-order valence-corrected chi connectivity index (χ0v) is 18.3. The average Bonchev–Trinajstić information content (AvgIpc) is 2.78. The van der Waals surface area contributed by atoms with Crippen LogP contribution in [0.1, 0.15) is 49.9 Å². The molecule has 0 aliphatic rings. The van der Waals surface area contributed by atoms with E-state index in [0.29, 0.717) is 11.3 Å². The van der Waals surface area contributed by atoms with Gasteiger partial charge in [0.05, 0.1) is 12.7 Å². The lowest BCUT2D eigenvalue weighted by Crippen LogP contribution is -1.92. The van der Waals surface area contributed by atoms with Crippen molar-refractivity contribution < 1.29 is 9.47 Å². The van der Waals surface area contributed by atoms with Crippen LogP contribution in [0.15, 0.2) is 66.7 Å². The topological polar surface area (TPSA) is 42.2 Å². The highest BCUT2D eigenvalue weighted by molar-refractivity contribution is 5.50. The zero-order chi connectivity index (χ0) is 21.6. The SMILES string of the molecule is CC.CC.COc1ccc(Cc2ccc(Oc3cccc(C)c3C#N)cc2)cc1. The van der Waals surface area contributed by atoms with Gasteiger partial charge in [-0.25, -0.2) is 0 Å². The molecule has 0 amide bonds. The van der Waals surface area contributed by atoms with E-state index in [1.165, 1.54) is 11.1 Å². The quantitative estimate of drug-likeness (QED) is 0.459. The third-order valence-electron chi connectivity index (χ3n) is 4.06. The van der Waals surface area contributed by atoms with E-state index in [4.69, 9.17) is 9.47 Å². The van der Waals surface area contributed by atoms with Gasteiger partial charge >= 0.3 is 0 Å². The number of benzene rings is 3. The molecular formula is C26H31NO2. The number of hydrogen-bond donors (Lipinski definition) is 0.